The van der Waals surface area contributed by atoms with Gasteiger partial charge in [0.15, 0.2) is 0 Å². The molecule has 1 aromatic rings. The van der Waals surface area contributed by atoms with E-state index in [4.69, 9.17) is 16.3 Å². The molecule has 2 heterocycles. The lowest BCUT2D eigenvalue weighted by atomic mass is 9.89. The summed E-state index contributed by atoms with van der Waals surface area (Å²) < 4.78 is 7.43. The molecular weight excluding hydrogens is 302 g/mol. The minimum atomic E-state index is -0.134. The van der Waals surface area contributed by atoms with Crippen molar-refractivity contribution in [3.05, 3.63) is 16.4 Å². The first-order valence-corrected chi connectivity index (χ1v) is 8.47. The largest absolute Gasteiger partial charge is 0.378 e. The van der Waals surface area contributed by atoms with Gasteiger partial charge < -0.3 is 10.1 Å². The summed E-state index contributed by atoms with van der Waals surface area (Å²) in [4.78, 5) is 12.5. The zero-order chi connectivity index (χ0) is 16.3. The van der Waals surface area contributed by atoms with Crippen molar-refractivity contribution in [3.63, 3.8) is 0 Å². The standard InChI is InChI=1S/C16H26ClN3O2/c1-5-11(6-2)13-9-12(7-8-22-13)18-16(21)14-10(3)19-20(4)15(14)17/h11-13H,5-9H2,1-4H3,(H,18,21)/t12-,13+/m1/s1. The van der Waals surface area contributed by atoms with Gasteiger partial charge in [0.2, 0.25) is 0 Å². The zero-order valence-electron chi connectivity index (χ0n) is 13.9. The Balaban J connectivity index is 2.02. The summed E-state index contributed by atoms with van der Waals surface area (Å²) in [5, 5.41) is 7.69. The molecule has 2 atom stereocenters. The van der Waals surface area contributed by atoms with Gasteiger partial charge in [0, 0.05) is 19.7 Å². The predicted molar refractivity (Wildman–Crippen MR) is 87.3 cm³/mol. The molecule has 5 nitrogen and oxygen atoms in total. The summed E-state index contributed by atoms with van der Waals surface area (Å²) in [7, 11) is 1.74. The number of nitrogens with one attached hydrogen (secondary N) is 1. The topological polar surface area (TPSA) is 56.2 Å². The second-order valence-electron chi connectivity index (χ2n) is 6.06. The normalized spacial score (nSPS) is 22.1. The van der Waals surface area contributed by atoms with E-state index in [1.54, 1.807) is 14.0 Å². The number of amides is 1. The molecule has 1 N–H and O–H groups in total. The van der Waals surface area contributed by atoms with Crippen molar-refractivity contribution < 1.29 is 9.53 Å². The lowest BCUT2D eigenvalue weighted by Crippen LogP contribution is -2.44. The van der Waals surface area contributed by atoms with E-state index in [-0.39, 0.29) is 18.1 Å². The Bertz CT molecular complexity index is 526. The smallest absolute Gasteiger partial charge is 0.256 e. The summed E-state index contributed by atoms with van der Waals surface area (Å²) in [6, 6.07) is 0.141. The van der Waals surface area contributed by atoms with Crippen LogP contribution in [0.4, 0.5) is 0 Å². The highest BCUT2D eigenvalue weighted by Gasteiger charge is 2.29. The maximum atomic E-state index is 12.5. The summed E-state index contributed by atoms with van der Waals surface area (Å²) in [6.07, 6.45) is 4.17. The molecule has 2 rings (SSSR count). The van der Waals surface area contributed by atoms with Gasteiger partial charge >= 0.3 is 0 Å². The minimum Gasteiger partial charge on any atom is -0.378 e. The number of nitrogens with zero attached hydrogens (tertiary/aromatic N) is 2. The van der Waals surface area contributed by atoms with Gasteiger partial charge in [-0.05, 0) is 25.7 Å². The van der Waals surface area contributed by atoms with Crippen molar-refractivity contribution >= 4 is 17.5 Å². The molecule has 0 aromatic carbocycles. The average Bonchev–Trinajstić information content (AvgIpc) is 2.74. The molecule has 124 valence electrons. The first-order chi connectivity index (χ1) is 10.5. The monoisotopic (exact) mass is 327 g/mol. The van der Waals surface area contributed by atoms with E-state index in [1.165, 1.54) is 4.68 Å². The Labute approximate surface area is 137 Å². The van der Waals surface area contributed by atoms with Crippen LogP contribution in [0.1, 0.15) is 55.6 Å². The molecule has 1 fully saturated rings. The van der Waals surface area contributed by atoms with Crippen molar-refractivity contribution in [1.29, 1.82) is 0 Å². The highest BCUT2D eigenvalue weighted by Crippen LogP contribution is 2.26. The lowest BCUT2D eigenvalue weighted by molar-refractivity contribution is -0.0337. The van der Waals surface area contributed by atoms with Gasteiger partial charge in [-0.25, -0.2) is 0 Å². The summed E-state index contributed by atoms with van der Waals surface area (Å²) >= 11 is 6.17. The van der Waals surface area contributed by atoms with Gasteiger partial charge in [-0.3, -0.25) is 9.48 Å². The first kappa shape index (κ1) is 17.3. The van der Waals surface area contributed by atoms with Gasteiger partial charge in [-0.1, -0.05) is 38.3 Å². The third-order valence-electron chi connectivity index (χ3n) is 4.60. The second kappa shape index (κ2) is 7.47. The lowest BCUT2D eigenvalue weighted by Gasteiger charge is -2.34. The molecular formula is C16H26ClN3O2. The number of rotatable bonds is 5. The van der Waals surface area contributed by atoms with E-state index < -0.39 is 0 Å². The third-order valence-corrected chi connectivity index (χ3v) is 5.04. The number of ether oxygens (including phenoxy) is 1. The van der Waals surface area contributed by atoms with Crippen LogP contribution in [-0.2, 0) is 11.8 Å². The molecule has 1 aliphatic heterocycles. The van der Waals surface area contributed by atoms with E-state index in [1.807, 2.05) is 0 Å². The number of aromatic nitrogens is 2. The molecule has 0 spiro atoms. The van der Waals surface area contributed by atoms with E-state index >= 15 is 0 Å². The molecule has 0 radical (unpaired) electrons. The fourth-order valence-electron chi connectivity index (χ4n) is 3.25. The number of aryl methyl sites for hydroxylation is 2. The molecule has 0 bridgehead atoms. The van der Waals surface area contributed by atoms with Crippen molar-refractivity contribution in [2.75, 3.05) is 6.61 Å². The van der Waals surface area contributed by atoms with Crippen molar-refractivity contribution in [2.24, 2.45) is 13.0 Å². The van der Waals surface area contributed by atoms with Crippen LogP contribution >= 0.6 is 11.6 Å². The van der Waals surface area contributed by atoms with Crippen LogP contribution in [0.2, 0.25) is 5.15 Å². The Kier molecular flexibility index (Phi) is 5.87. The number of carbonyl (C=O) groups excluding carboxylic acids is 1. The summed E-state index contributed by atoms with van der Waals surface area (Å²) in [5.41, 5.74) is 1.14. The molecule has 22 heavy (non-hydrogen) atoms. The molecule has 1 aromatic heterocycles. The van der Waals surface area contributed by atoms with Crippen LogP contribution in [-0.4, -0.2) is 34.4 Å². The van der Waals surface area contributed by atoms with E-state index in [9.17, 15) is 4.79 Å². The van der Waals surface area contributed by atoms with Crippen LogP contribution in [0.15, 0.2) is 0 Å². The predicted octanol–water partition coefficient (Wildman–Crippen LogP) is 3.10. The van der Waals surface area contributed by atoms with Crippen LogP contribution in [0, 0.1) is 12.8 Å². The summed E-state index contributed by atoms with van der Waals surface area (Å²) in [6.45, 7) is 6.89. The number of halogens is 1. The van der Waals surface area contributed by atoms with Gasteiger partial charge in [0.1, 0.15) is 5.15 Å². The van der Waals surface area contributed by atoms with Crippen molar-refractivity contribution in [1.82, 2.24) is 15.1 Å². The number of carbonyl (C=O) groups is 1. The van der Waals surface area contributed by atoms with Crippen LogP contribution in [0.5, 0.6) is 0 Å². The molecule has 0 aliphatic carbocycles. The average molecular weight is 328 g/mol. The molecule has 0 saturated carbocycles. The SMILES string of the molecule is CCC(CC)[C@@H]1C[C@H](NC(=O)c2c(C)nn(C)c2Cl)CCO1. The van der Waals surface area contributed by atoms with Gasteiger partial charge in [0.05, 0.1) is 17.4 Å². The van der Waals surface area contributed by atoms with E-state index in [2.05, 4.69) is 24.3 Å². The third kappa shape index (κ3) is 3.63. The molecule has 1 aliphatic rings. The molecule has 1 saturated heterocycles. The maximum Gasteiger partial charge on any atom is 0.256 e. The maximum absolute atomic E-state index is 12.5. The molecule has 6 heteroatoms. The van der Waals surface area contributed by atoms with Crippen LogP contribution in [0.3, 0.4) is 0 Å². The molecule has 0 unspecified atom stereocenters. The van der Waals surface area contributed by atoms with Crippen LogP contribution < -0.4 is 5.32 Å². The van der Waals surface area contributed by atoms with E-state index in [0.29, 0.717) is 28.9 Å². The van der Waals surface area contributed by atoms with Gasteiger partial charge in [0.25, 0.3) is 5.91 Å². The Morgan fingerprint density at radius 3 is 2.73 bits per heavy atom. The molecule has 1 amide bonds. The second-order valence-corrected chi connectivity index (χ2v) is 6.41. The van der Waals surface area contributed by atoms with E-state index in [0.717, 1.165) is 25.7 Å². The summed E-state index contributed by atoms with van der Waals surface area (Å²) in [5.74, 6) is 0.425. The van der Waals surface area contributed by atoms with Gasteiger partial charge in [-0.2, -0.15) is 5.10 Å². The minimum absolute atomic E-state index is 0.134. The fourth-order valence-corrected chi connectivity index (χ4v) is 3.51. The number of hydrogen-bond acceptors (Lipinski definition) is 3. The Morgan fingerprint density at radius 2 is 2.18 bits per heavy atom. The van der Waals surface area contributed by atoms with Crippen LogP contribution in [0.25, 0.3) is 0 Å². The Hall–Kier alpha value is -1.07. The first-order valence-electron chi connectivity index (χ1n) is 8.09. The Morgan fingerprint density at radius 1 is 1.50 bits per heavy atom. The van der Waals surface area contributed by atoms with Crippen molar-refractivity contribution in [2.45, 2.75) is 58.6 Å². The highest BCUT2D eigenvalue weighted by atomic mass is 35.5. The highest BCUT2D eigenvalue weighted by molar-refractivity contribution is 6.33. The van der Waals surface area contributed by atoms with Gasteiger partial charge in [-0.15, -0.1) is 0 Å². The zero-order valence-corrected chi connectivity index (χ0v) is 14.6. The fraction of sp³-hybridized carbons (Fsp3) is 0.750. The van der Waals surface area contributed by atoms with Crippen molar-refractivity contribution in [3.8, 4) is 0 Å². The quantitative estimate of drug-likeness (QED) is 0.904. The number of hydrogen-bond donors (Lipinski definition) is 1.